The largest absolute Gasteiger partial charge is 0.470 e. The zero-order valence-electron chi connectivity index (χ0n) is 12.6. The first-order chi connectivity index (χ1) is 10.7. The van der Waals surface area contributed by atoms with Crippen molar-refractivity contribution in [1.82, 2.24) is 30.1 Å². The van der Waals surface area contributed by atoms with Crippen molar-refractivity contribution < 1.29 is 4.74 Å². The monoisotopic (exact) mass is 298 g/mol. The van der Waals surface area contributed by atoms with Gasteiger partial charge in [0.2, 0.25) is 5.88 Å². The van der Waals surface area contributed by atoms with Crippen molar-refractivity contribution in [3.63, 3.8) is 0 Å². The molecule has 0 aromatic carbocycles. The summed E-state index contributed by atoms with van der Waals surface area (Å²) in [7, 11) is 1.98. The molecule has 0 amide bonds. The third-order valence-corrected chi connectivity index (χ3v) is 4.26. The van der Waals surface area contributed by atoms with Crippen molar-refractivity contribution >= 4 is 5.52 Å². The molecule has 22 heavy (non-hydrogen) atoms. The predicted molar refractivity (Wildman–Crippen MR) is 81.7 cm³/mol. The molecule has 1 aliphatic carbocycles. The van der Waals surface area contributed by atoms with Crippen molar-refractivity contribution in [2.24, 2.45) is 0 Å². The van der Waals surface area contributed by atoms with Gasteiger partial charge in [0.1, 0.15) is 11.1 Å². The van der Waals surface area contributed by atoms with Gasteiger partial charge in [0.15, 0.2) is 0 Å². The molecule has 0 spiro atoms. The average Bonchev–Trinajstić information content (AvgIpc) is 3.14. The lowest BCUT2D eigenvalue weighted by atomic mass is 9.77. The molecule has 0 saturated heterocycles. The van der Waals surface area contributed by atoms with E-state index in [2.05, 4.69) is 32.5 Å². The van der Waals surface area contributed by atoms with Crippen molar-refractivity contribution in [2.75, 3.05) is 7.05 Å². The molecule has 1 saturated carbocycles. The zero-order chi connectivity index (χ0) is 15.2. The van der Waals surface area contributed by atoms with E-state index in [4.69, 9.17) is 4.74 Å². The van der Waals surface area contributed by atoms with E-state index in [0.29, 0.717) is 11.9 Å². The van der Waals surface area contributed by atoms with Crippen LogP contribution in [0, 0.1) is 0 Å². The molecule has 3 aromatic heterocycles. The third kappa shape index (κ3) is 2.14. The van der Waals surface area contributed by atoms with Gasteiger partial charge < -0.3 is 10.1 Å². The Morgan fingerprint density at radius 3 is 3.05 bits per heavy atom. The van der Waals surface area contributed by atoms with Crippen LogP contribution in [0.1, 0.15) is 19.8 Å². The molecule has 0 aliphatic heterocycles. The van der Waals surface area contributed by atoms with Crippen molar-refractivity contribution in [3.8, 4) is 17.1 Å². The van der Waals surface area contributed by atoms with E-state index in [-0.39, 0.29) is 5.60 Å². The maximum absolute atomic E-state index is 6.24. The molecule has 0 atom stereocenters. The maximum Gasteiger partial charge on any atom is 0.241 e. The van der Waals surface area contributed by atoms with Crippen LogP contribution in [0.3, 0.4) is 0 Å². The molecular weight excluding hydrogens is 280 g/mol. The van der Waals surface area contributed by atoms with E-state index in [9.17, 15) is 0 Å². The average molecular weight is 298 g/mol. The zero-order valence-corrected chi connectivity index (χ0v) is 12.6. The number of nitrogens with one attached hydrogen (secondary N) is 2. The Hall–Kier alpha value is -2.41. The van der Waals surface area contributed by atoms with Crippen LogP contribution in [-0.2, 0) is 0 Å². The Labute approximate surface area is 127 Å². The van der Waals surface area contributed by atoms with Gasteiger partial charge in [-0.15, -0.1) is 0 Å². The molecule has 114 valence electrons. The van der Waals surface area contributed by atoms with Crippen LogP contribution in [0.5, 0.6) is 5.88 Å². The van der Waals surface area contributed by atoms with Crippen LogP contribution in [0.15, 0.2) is 30.9 Å². The number of aromatic nitrogens is 5. The van der Waals surface area contributed by atoms with Gasteiger partial charge >= 0.3 is 0 Å². The topological polar surface area (TPSA) is 80.1 Å². The molecule has 0 unspecified atom stereocenters. The summed E-state index contributed by atoms with van der Waals surface area (Å²) in [6.07, 6.45) is 9.13. The maximum atomic E-state index is 6.24. The Kier molecular flexibility index (Phi) is 2.90. The third-order valence-electron chi connectivity index (χ3n) is 4.26. The summed E-state index contributed by atoms with van der Waals surface area (Å²) in [5, 5.41) is 14.4. The van der Waals surface area contributed by atoms with Crippen LogP contribution in [-0.4, -0.2) is 43.5 Å². The van der Waals surface area contributed by atoms with E-state index in [1.165, 1.54) is 0 Å². The normalized spacial score (nSPS) is 24.4. The first kappa shape index (κ1) is 13.3. The number of fused-ring (bicyclic) bond motifs is 1. The second kappa shape index (κ2) is 4.81. The highest BCUT2D eigenvalue weighted by Crippen LogP contribution is 2.37. The Morgan fingerprint density at radius 1 is 1.45 bits per heavy atom. The fraction of sp³-hybridized carbons (Fsp3) is 0.400. The molecule has 1 fully saturated rings. The second-order valence-corrected chi connectivity index (χ2v) is 6.03. The lowest BCUT2D eigenvalue weighted by Crippen LogP contribution is -2.54. The van der Waals surface area contributed by atoms with Gasteiger partial charge in [-0.2, -0.15) is 10.2 Å². The predicted octanol–water partition coefficient (Wildman–Crippen LogP) is 1.64. The fourth-order valence-electron chi connectivity index (χ4n) is 3.01. The van der Waals surface area contributed by atoms with Gasteiger partial charge in [0.05, 0.1) is 24.3 Å². The number of H-pyrrole nitrogens is 1. The van der Waals surface area contributed by atoms with Crippen LogP contribution in [0.2, 0.25) is 0 Å². The quantitative estimate of drug-likeness (QED) is 0.765. The molecule has 3 aromatic rings. The van der Waals surface area contributed by atoms with Crippen LogP contribution < -0.4 is 10.1 Å². The smallest absolute Gasteiger partial charge is 0.241 e. The number of hydrogen-bond donors (Lipinski definition) is 2. The summed E-state index contributed by atoms with van der Waals surface area (Å²) in [4.78, 5) is 4.67. The number of rotatable bonds is 4. The van der Waals surface area contributed by atoms with E-state index in [0.717, 1.165) is 29.6 Å². The molecule has 4 rings (SSSR count). The summed E-state index contributed by atoms with van der Waals surface area (Å²) in [5.74, 6) is 0.619. The Bertz CT molecular complexity index is 788. The molecule has 7 nitrogen and oxygen atoms in total. The number of nitrogens with zero attached hydrogens (tertiary/aromatic N) is 4. The lowest BCUT2D eigenvalue weighted by Gasteiger charge is -2.44. The molecule has 1 aliphatic rings. The SMILES string of the molecule is CN[C@H]1C[C@@](C)(Oc2nc(-c3cn[nH]c3)cn3nccc23)C1. The summed E-state index contributed by atoms with van der Waals surface area (Å²) < 4.78 is 8.03. The van der Waals surface area contributed by atoms with Crippen LogP contribution in [0.25, 0.3) is 16.8 Å². The summed E-state index contributed by atoms with van der Waals surface area (Å²) in [6, 6.07) is 2.43. The first-order valence-corrected chi connectivity index (χ1v) is 7.37. The number of ether oxygens (including phenoxy) is 1. The minimum atomic E-state index is -0.180. The highest BCUT2D eigenvalue weighted by Gasteiger charge is 2.42. The molecule has 3 heterocycles. The highest BCUT2D eigenvalue weighted by atomic mass is 16.5. The Balaban J connectivity index is 1.72. The van der Waals surface area contributed by atoms with Gasteiger partial charge in [0, 0.05) is 30.6 Å². The number of hydrogen-bond acceptors (Lipinski definition) is 5. The Morgan fingerprint density at radius 2 is 2.32 bits per heavy atom. The molecular formula is C15H18N6O. The van der Waals surface area contributed by atoms with Crippen molar-refractivity contribution in [2.45, 2.75) is 31.4 Å². The summed E-state index contributed by atoms with van der Waals surface area (Å²) in [6.45, 7) is 2.12. The summed E-state index contributed by atoms with van der Waals surface area (Å²) >= 11 is 0. The molecule has 2 N–H and O–H groups in total. The van der Waals surface area contributed by atoms with E-state index in [1.807, 2.05) is 25.5 Å². The summed E-state index contributed by atoms with van der Waals surface area (Å²) in [5.41, 5.74) is 2.39. The van der Waals surface area contributed by atoms with E-state index >= 15 is 0 Å². The number of aromatic amines is 1. The van der Waals surface area contributed by atoms with Crippen molar-refractivity contribution in [1.29, 1.82) is 0 Å². The van der Waals surface area contributed by atoms with Gasteiger partial charge in [-0.05, 0) is 20.0 Å². The molecule has 0 radical (unpaired) electrons. The van der Waals surface area contributed by atoms with Crippen molar-refractivity contribution in [3.05, 3.63) is 30.9 Å². The highest BCUT2D eigenvalue weighted by molar-refractivity contribution is 5.63. The van der Waals surface area contributed by atoms with E-state index in [1.54, 1.807) is 16.9 Å². The van der Waals surface area contributed by atoms with Crippen LogP contribution in [0.4, 0.5) is 0 Å². The van der Waals surface area contributed by atoms with Gasteiger partial charge in [-0.3, -0.25) is 5.10 Å². The van der Waals surface area contributed by atoms with Gasteiger partial charge in [-0.1, -0.05) is 0 Å². The van der Waals surface area contributed by atoms with Gasteiger partial charge in [-0.25, -0.2) is 9.50 Å². The minimum absolute atomic E-state index is 0.180. The molecule has 7 heteroatoms. The van der Waals surface area contributed by atoms with E-state index < -0.39 is 0 Å². The van der Waals surface area contributed by atoms with Crippen LogP contribution >= 0.6 is 0 Å². The second-order valence-electron chi connectivity index (χ2n) is 6.03. The first-order valence-electron chi connectivity index (χ1n) is 7.37. The molecule has 0 bridgehead atoms. The standard InChI is InChI=1S/C15H18N6O/c1-15(5-11(6-15)16-2)22-14-13-3-4-19-21(13)9-12(20-14)10-7-17-18-8-10/h3-4,7-9,11,16H,5-6H2,1-2H3,(H,17,18)/t11-,15+. The lowest BCUT2D eigenvalue weighted by molar-refractivity contribution is -0.0152. The fourth-order valence-corrected chi connectivity index (χ4v) is 3.01. The van der Waals surface area contributed by atoms with Gasteiger partial charge in [0.25, 0.3) is 0 Å². The minimum Gasteiger partial charge on any atom is -0.470 e.